The molecule has 0 amide bonds. The van der Waals surface area contributed by atoms with Crippen LogP contribution in [0.2, 0.25) is 0 Å². The molecule has 3 aromatic rings. The largest absolute Gasteiger partial charge is 0.388 e. The summed E-state index contributed by atoms with van der Waals surface area (Å²) in [5, 5.41) is 22.3. The van der Waals surface area contributed by atoms with Crippen LogP contribution in [0.15, 0.2) is 52.8 Å². The standard InChI is InChI=1S/C22H21BrN6O2/c23-15-8-12-3-1-11(7-16(12)28-21(15)25)2-4-13-9-17(19(31)18(13)30)29-6-5-14-20(24)26-10-27-22(14)29/h1-4,7-10,17-19,30-31H,5-6H2,(H2,25,28)(H2,24,26,27)/b4-2+/t17-,18-,19+/m1/s1. The molecule has 3 heterocycles. The molecule has 0 fully saturated rings. The summed E-state index contributed by atoms with van der Waals surface area (Å²) in [5.41, 5.74) is 15.1. The molecule has 0 saturated heterocycles. The molecule has 1 aromatic carbocycles. The van der Waals surface area contributed by atoms with Gasteiger partial charge in [0.15, 0.2) is 0 Å². The number of halogens is 1. The van der Waals surface area contributed by atoms with Crippen LogP contribution in [0, 0.1) is 0 Å². The van der Waals surface area contributed by atoms with Gasteiger partial charge in [-0.1, -0.05) is 30.4 Å². The number of nitrogen functional groups attached to an aromatic ring is 2. The second-order valence-corrected chi connectivity index (χ2v) is 8.59. The minimum Gasteiger partial charge on any atom is -0.388 e. The fourth-order valence-electron chi connectivity index (χ4n) is 4.21. The summed E-state index contributed by atoms with van der Waals surface area (Å²) < 4.78 is 0.762. The van der Waals surface area contributed by atoms with E-state index in [1.165, 1.54) is 6.33 Å². The molecule has 0 saturated carbocycles. The third-order valence-corrected chi connectivity index (χ3v) is 6.49. The van der Waals surface area contributed by atoms with Crippen LogP contribution in [0.25, 0.3) is 17.0 Å². The Bertz CT molecular complexity index is 1240. The van der Waals surface area contributed by atoms with E-state index in [1.54, 1.807) is 0 Å². The highest BCUT2D eigenvalue weighted by Gasteiger charge is 2.40. The van der Waals surface area contributed by atoms with Crippen LogP contribution >= 0.6 is 15.9 Å². The lowest BCUT2D eigenvalue weighted by atomic mass is 10.1. The van der Waals surface area contributed by atoms with E-state index in [9.17, 15) is 10.2 Å². The number of hydrogen-bond donors (Lipinski definition) is 4. The molecule has 6 N–H and O–H groups in total. The maximum absolute atomic E-state index is 10.7. The van der Waals surface area contributed by atoms with Crippen molar-refractivity contribution in [3.63, 3.8) is 0 Å². The Kier molecular flexibility index (Phi) is 4.88. The zero-order valence-corrected chi connectivity index (χ0v) is 18.1. The molecule has 0 radical (unpaired) electrons. The summed E-state index contributed by atoms with van der Waals surface area (Å²) in [4.78, 5) is 14.8. The van der Waals surface area contributed by atoms with Gasteiger partial charge in [0.25, 0.3) is 0 Å². The highest BCUT2D eigenvalue weighted by atomic mass is 79.9. The average molecular weight is 481 g/mol. The number of nitrogens with zero attached hydrogens (tertiary/aromatic N) is 4. The fraction of sp³-hybridized carbons (Fsp3) is 0.227. The number of fused-ring (bicyclic) bond motifs is 2. The minimum absolute atomic E-state index is 0.388. The van der Waals surface area contributed by atoms with Gasteiger partial charge >= 0.3 is 0 Å². The van der Waals surface area contributed by atoms with Crippen LogP contribution in [0.5, 0.6) is 0 Å². The van der Waals surface area contributed by atoms with E-state index >= 15 is 0 Å². The number of anilines is 3. The van der Waals surface area contributed by atoms with Crippen molar-refractivity contribution in [1.82, 2.24) is 15.0 Å². The first-order valence-corrected chi connectivity index (χ1v) is 10.7. The van der Waals surface area contributed by atoms with E-state index in [2.05, 4.69) is 30.9 Å². The number of nitrogens with two attached hydrogens (primary N) is 2. The Morgan fingerprint density at radius 3 is 2.77 bits per heavy atom. The zero-order chi connectivity index (χ0) is 21.7. The number of benzene rings is 1. The fourth-order valence-corrected chi connectivity index (χ4v) is 4.54. The van der Waals surface area contributed by atoms with Crippen molar-refractivity contribution in [2.45, 2.75) is 24.7 Å². The van der Waals surface area contributed by atoms with Gasteiger partial charge in [-0.3, -0.25) is 0 Å². The van der Waals surface area contributed by atoms with Crippen LogP contribution < -0.4 is 16.4 Å². The van der Waals surface area contributed by atoms with E-state index < -0.39 is 12.2 Å². The van der Waals surface area contributed by atoms with Gasteiger partial charge in [0.05, 0.1) is 16.0 Å². The molecule has 9 heteroatoms. The summed E-state index contributed by atoms with van der Waals surface area (Å²) in [6, 6.07) is 7.41. The van der Waals surface area contributed by atoms with Crippen LogP contribution in [-0.4, -0.2) is 50.0 Å². The molecule has 158 valence electrons. The Labute approximate surface area is 187 Å². The van der Waals surface area contributed by atoms with Crippen molar-refractivity contribution in [2.75, 3.05) is 22.9 Å². The molecule has 0 bridgehead atoms. The first kappa shape index (κ1) is 19.9. The second kappa shape index (κ2) is 7.60. The highest BCUT2D eigenvalue weighted by molar-refractivity contribution is 9.10. The van der Waals surface area contributed by atoms with Crippen LogP contribution in [0.1, 0.15) is 11.1 Å². The molecule has 2 aromatic heterocycles. The van der Waals surface area contributed by atoms with Crippen LogP contribution in [-0.2, 0) is 6.42 Å². The number of pyridine rings is 1. The number of aliphatic hydroxyl groups excluding tert-OH is 2. The Morgan fingerprint density at radius 1 is 1.10 bits per heavy atom. The third kappa shape index (κ3) is 3.44. The lowest BCUT2D eigenvalue weighted by Gasteiger charge is -2.28. The van der Waals surface area contributed by atoms with Gasteiger partial charge in [-0.05, 0) is 45.6 Å². The van der Waals surface area contributed by atoms with E-state index in [0.717, 1.165) is 32.3 Å². The molecule has 2 aliphatic rings. The summed E-state index contributed by atoms with van der Waals surface area (Å²) in [7, 11) is 0. The van der Waals surface area contributed by atoms with Gasteiger partial charge in [-0.15, -0.1) is 0 Å². The molecule has 5 rings (SSSR count). The van der Waals surface area contributed by atoms with E-state index in [4.69, 9.17) is 11.5 Å². The molecular weight excluding hydrogens is 460 g/mol. The highest BCUT2D eigenvalue weighted by Crippen LogP contribution is 2.35. The third-order valence-electron chi connectivity index (χ3n) is 5.86. The quantitative estimate of drug-likeness (QED) is 0.447. The smallest absolute Gasteiger partial charge is 0.138 e. The molecule has 8 nitrogen and oxygen atoms in total. The molecule has 31 heavy (non-hydrogen) atoms. The topological polar surface area (TPSA) is 134 Å². The molecule has 1 aliphatic heterocycles. The van der Waals surface area contributed by atoms with E-state index in [-0.39, 0.29) is 6.04 Å². The SMILES string of the molecule is Nc1nc2cc(/C=C/C3=C[C@@H](N4CCc5c(N)ncnc54)[C@H](O)[C@@H]3O)ccc2cc1Br. The molecule has 0 spiro atoms. The van der Waals surface area contributed by atoms with Crippen molar-refractivity contribution in [1.29, 1.82) is 0 Å². The predicted octanol–water partition coefficient (Wildman–Crippen LogP) is 2.06. The first-order chi connectivity index (χ1) is 14.9. The van der Waals surface area contributed by atoms with Crippen molar-refractivity contribution in [2.24, 2.45) is 0 Å². The van der Waals surface area contributed by atoms with E-state index in [0.29, 0.717) is 30.2 Å². The molecule has 1 aliphatic carbocycles. The number of aliphatic hydroxyl groups is 2. The van der Waals surface area contributed by atoms with Gasteiger partial charge in [0.2, 0.25) is 0 Å². The summed E-state index contributed by atoms with van der Waals surface area (Å²) in [6.07, 6.45) is 5.78. The Balaban J connectivity index is 1.42. The van der Waals surface area contributed by atoms with Gasteiger partial charge in [0.1, 0.15) is 36.0 Å². The Hall–Kier alpha value is -3.01. The second-order valence-electron chi connectivity index (χ2n) is 7.74. The summed E-state index contributed by atoms with van der Waals surface area (Å²) >= 11 is 3.39. The van der Waals surface area contributed by atoms with Crippen molar-refractivity contribution >= 4 is 50.4 Å². The van der Waals surface area contributed by atoms with Crippen LogP contribution in [0.3, 0.4) is 0 Å². The molecule has 3 atom stereocenters. The van der Waals surface area contributed by atoms with Gasteiger partial charge in [0, 0.05) is 17.5 Å². The maximum atomic E-state index is 10.7. The zero-order valence-electron chi connectivity index (χ0n) is 16.5. The van der Waals surface area contributed by atoms with Crippen molar-refractivity contribution in [3.05, 3.63) is 63.9 Å². The lowest BCUT2D eigenvalue weighted by Crippen LogP contribution is -2.43. The normalized spacial score (nSPS) is 23.0. The number of hydrogen-bond acceptors (Lipinski definition) is 8. The number of aromatic nitrogens is 3. The summed E-state index contributed by atoms with van der Waals surface area (Å²) in [5.74, 6) is 1.61. The minimum atomic E-state index is -0.991. The Morgan fingerprint density at radius 2 is 1.94 bits per heavy atom. The van der Waals surface area contributed by atoms with Gasteiger partial charge < -0.3 is 26.6 Å². The predicted molar refractivity (Wildman–Crippen MR) is 124 cm³/mol. The van der Waals surface area contributed by atoms with Crippen LogP contribution in [0.4, 0.5) is 17.5 Å². The van der Waals surface area contributed by atoms with E-state index in [1.807, 2.05) is 47.4 Å². The monoisotopic (exact) mass is 480 g/mol. The number of rotatable bonds is 3. The summed E-state index contributed by atoms with van der Waals surface area (Å²) in [6.45, 7) is 0.660. The molecule has 0 unspecified atom stereocenters. The average Bonchev–Trinajstić information content (AvgIpc) is 3.30. The van der Waals surface area contributed by atoms with Crippen molar-refractivity contribution in [3.8, 4) is 0 Å². The van der Waals surface area contributed by atoms with Crippen molar-refractivity contribution < 1.29 is 10.2 Å². The first-order valence-electron chi connectivity index (χ1n) is 9.90. The van der Waals surface area contributed by atoms with Gasteiger partial charge in [-0.2, -0.15) is 0 Å². The van der Waals surface area contributed by atoms with Gasteiger partial charge in [-0.25, -0.2) is 15.0 Å². The maximum Gasteiger partial charge on any atom is 0.138 e. The molecular formula is C22H21BrN6O2. The lowest BCUT2D eigenvalue weighted by molar-refractivity contribution is 0.0466.